The molecule has 2 aromatic carbocycles. The second-order valence-corrected chi connectivity index (χ2v) is 11.4. The summed E-state index contributed by atoms with van der Waals surface area (Å²) in [4.78, 5) is 35.4. The molecule has 2 atom stereocenters. The molecule has 1 aromatic heterocycles. The number of rotatable bonds is 5. The van der Waals surface area contributed by atoms with Crippen molar-refractivity contribution in [2.45, 2.75) is 39.7 Å². The van der Waals surface area contributed by atoms with Gasteiger partial charge in [-0.25, -0.2) is 0 Å². The predicted octanol–water partition coefficient (Wildman–Crippen LogP) is 5.65. The number of fused-ring (bicyclic) bond motifs is 1. The summed E-state index contributed by atoms with van der Waals surface area (Å²) in [5.41, 5.74) is 5.38. The first kappa shape index (κ1) is 24.6. The molecule has 0 N–H and O–H groups in total. The molecule has 2 amide bonds. The Bertz CT molecular complexity index is 1240. The largest absolute Gasteiger partial charge is 0.368 e. The van der Waals surface area contributed by atoms with Crippen LogP contribution in [-0.4, -0.2) is 54.3 Å². The fourth-order valence-corrected chi connectivity index (χ4v) is 6.55. The average Bonchev–Trinajstić information content (AvgIpc) is 3.41. The molecule has 0 aliphatic carbocycles. The maximum absolute atomic E-state index is 14.3. The molecule has 5 rings (SSSR count). The molecule has 5 nitrogen and oxygen atoms in total. The molecule has 2 aliphatic heterocycles. The summed E-state index contributed by atoms with van der Waals surface area (Å²) >= 11 is 1.63. The lowest BCUT2D eigenvalue weighted by Gasteiger charge is -2.45. The number of thiophene rings is 1. The van der Waals surface area contributed by atoms with E-state index in [0.717, 1.165) is 23.5 Å². The van der Waals surface area contributed by atoms with Crippen molar-refractivity contribution in [1.29, 1.82) is 0 Å². The third kappa shape index (κ3) is 4.43. The predicted molar refractivity (Wildman–Crippen MR) is 147 cm³/mol. The zero-order valence-electron chi connectivity index (χ0n) is 21.6. The summed E-state index contributed by atoms with van der Waals surface area (Å²) < 4.78 is 0. The zero-order chi connectivity index (χ0) is 25.4. The normalized spacial score (nSPS) is 20.1. The van der Waals surface area contributed by atoms with Gasteiger partial charge in [0, 0.05) is 48.9 Å². The summed E-state index contributed by atoms with van der Waals surface area (Å²) in [7, 11) is 0. The Morgan fingerprint density at radius 3 is 2.42 bits per heavy atom. The minimum Gasteiger partial charge on any atom is -0.368 e. The molecule has 3 aromatic rings. The van der Waals surface area contributed by atoms with Crippen LogP contribution in [0.4, 0.5) is 5.69 Å². The van der Waals surface area contributed by atoms with Crippen LogP contribution in [0.2, 0.25) is 0 Å². The van der Waals surface area contributed by atoms with Gasteiger partial charge >= 0.3 is 0 Å². The van der Waals surface area contributed by atoms with Gasteiger partial charge in [0.2, 0.25) is 5.91 Å². The molecule has 6 heteroatoms. The Morgan fingerprint density at radius 1 is 0.972 bits per heavy atom. The van der Waals surface area contributed by atoms with Crippen LogP contribution in [0.1, 0.15) is 57.7 Å². The van der Waals surface area contributed by atoms with Crippen LogP contribution >= 0.6 is 11.3 Å². The second-order valence-electron chi connectivity index (χ2n) is 10.4. The van der Waals surface area contributed by atoms with Gasteiger partial charge in [0.1, 0.15) is 0 Å². The van der Waals surface area contributed by atoms with Gasteiger partial charge in [0.15, 0.2) is 0 Å². The molecule has 36 heavy (non-hydrogen) atoms. The van der Waals surface area contributed by atoms with Crippen molar-refractivity contribution < 1.29 is 9.59 Å². The summed E-state index contributed by atoms with van der Waals surface area (Å²) in [6.45, 7) is 12.2. The topological polar surface area (TPSA) is 43.9 Å². The summed E-state index contributed by atoms with van der Waals surface area (Å²) in [6.07, 6.45) is 0. The van der Waals surface area contributed by atoms with Crippen LogP contribution in [0.5, 0.6) is 0 Å². The Labute approximate surface area is 218 Å². The van der Waals surface area contributed by atoms with Gasteiger partial charge < -0.3 is 14.7 Å². The zero-order valence-corrected chi connectivity index (χ0v) is 22.4. The molecule has 1 saturated heterocycles. The highest BCUT2D eigenvalue weighted by Gasteiger charge is 2.46. The molecule has 0 bridgehead atoms. The van der Waals surface area contributed by atoms with Crippen LogP contribution in [0.15, 0.2) is 60.0 Å². The third-order valence-corrected chi connectivity index (χ3v) is 8.55. The lowest BCUT2D eigenvalue weighted by molar-refractivity contribution is -0.135. The van der Waals surface area contributed by atoms with E-state index in [1.807, 2.05) is 45.5 Å². The van der Waals surface area contributed by atoms with E-state index in [9.17, 15) is 9.59 Å². The first-order valence-electron chi connectivity index (χ1n) is 12.9. The first-order valence-corrected chi connectivity index (χ1v) is 13.8. The van der Waals surface area contributed by atoms with E-state index in [0.29, 0.717) is 31.1 Å². The number of piperazine rings is 1. The number of hydrogen-bond donors (Lipinski definition) is 0. The fraction of sp³-hybridized carbons (Fsp3) is 0.400. The summed E-state index contributed by atoms with van der Waals surface area (Å²) in [6, 6.07) is 18.0. The van der Waals surface area contributed by atoms with E-state index in [4.69, 9.17) is 0 Å². The Hall–Kier alpha value is -3.12. The fourth-order valence-electron chi connectivity index (χ4n) is 5.67. The molecule has 0 saturated carbocycles. The second kappa shape index (κ2) is 10.1. The van der Waals surface area contributed by atoms with Crippen molar-refractivity contribution in [2.75, 3.05) is 37.6 Å². The highest BCUT2D eigenvalue weighted by atomic mass is 32.1. The Balaban J connectivity index is 1.47. The van der Waals surface area contributed by atoms with E-state index in [-0.39, 0.29) is 17.9 Å². The number of hydrogen-bond acceptors (Lipinski definition) is 4. The molecule has 2 aliphatic rings. The standard InChI is InChI=1S/C30H35N3O2S/c1-20(2)19-33-28(26-13-8-18-36-26)27(23-10-5-6-11-24(23)29(33)34)30(35)32-16-14-31(15-17-32)25-12-7-9-21(3)22(25)4/h5-13,18,20,27-28H,14-17,19H2,1-4H3. The number of nitrogens with zero attached hydrogens (tertiary/aromatic N) is 3. The Kier molecular flexibility index (Phi) is 6.89. The first-order chi connectivity index (χ1) is 17.4. The van der Waals surface area contributed by atoms with E-state index in [1.165, 1.54) is 16.8 Å². The van der Waals surface area contributed by atoms with Gasteiger partial charge in [-0.2, -0.15) is 0 Å². The number of carbonyl (C=O) groups excluding carboxylic acids is 2. The highest BCUT2D eigenvalue weighted by molar-refractivity contribution is 7.10. The van der Waals surface area contributed by atoms with Crippen LogP contribution in [0, 0.1) is 19.8 Å². The van der Waals surface area contributed by atoms with Gasteiger partial charge in [0.25, 0.3) is 5.91 Å². The van der Waals surface area contributed by atoms with E-state index in [1.54, 1.807) is 11.3 Å². The monoisotopic (exact) mass is 501 g/mol. The molecule has 1 fully saturated rings. The van der Waals surface area contributed by atoms with Crippen molar-refractivity contribution in [2.24, 2.45) is 5.92 Å². The maximum Gasteiger partial charge on any atom is 0.254 e. The molecule has 2 unspecified atom stereocenters. The smallest absolute Gasteiger partial charge is 0.254 e. The van der Waals surface area contributed by atoms with E-state index >= 15 is 0 Å². The maximum atomic E-state index is 14.3. The molecule has 0 radical (unpaired) electrons. The van der Waals surface area contributed by atoms with Gasteiger partial charge in [-0.15, -0.1) is 11.3 Å². The van der Waals surface area contributed by atoms with E-state index < -0.39 is 5.92 Å². The SMILES string of the molecule is Cc1cccc(N2CCN(C(=O)C3c4ccccc4C(=O)N(CC(C)C)C3c3cccs3)CC2)c1C. The summed E-state index contributed by atoms with van der Waals surface area (Å²) in [5, 5.41) is 2.04. The van der Waals surface area contributed by atoms with Crippen LogP contribution in [0.3, 0.4) is 0 Å². The number of amides is 2. The molecule has 188 valence electrons. The molecular weight excluding hydrogens is 466 g/mol. The lowest BCUT2D eigenvalue weighted by atomic mass is 9.80. The van der Waals surface area contributed by atoms with Crippen molar-refractivity contribution >= 4 is 28.8 Å². The lowest BCUT2D eigenvalue weighted by Crippen LogP contribution is -2.53. The average molecular weight is 502 g/mol. The van der Waals surface area contributed by atoms with Gasteiger partial charge in [0.05, 0.1) is 12.0 Å². The Morgan fingerprint density at radius 2 is 1.72 bits per heavy atom. The van der Waals surface area contributed by atoms with Crippen LogP contribution < -0.4 is 4.90 Å². The number of carbonyl (C=O) groups is 2. The van der Waals surface area contributed by atoms with Gasteiger partial charge in [-0.1, -0.05) is 50.2 Å². The van der Waals surface area contributed by atoms with Crippen molar-refractivity contribution in [3.8, 4) is 0 Å². The highest BCUT2D eigenvalue weighted by Crippen LogP contribution is 2.45. The van der Waals surface area contributed by atoms with Crippen molar-refractivity contribution in [3.05, 3.63) is 87.1 Å². The van der Waals surface area contributed by atoms with Crippen molar-refractivity contribution in [1.82, 2.24) is 9.80 Å². The van der Waals surface area contributed by atoms with Crippen LogP contribution in [-0.2, 0) is 4.79 Å². The van der Waals surface area contributed by atoms with Gasteiger partial charge in [-0.05, 0) is 60.0 Å². The molecule has 0 spiro atoms. The van der Waals surface area contributed by atoms with E-state index in [2.05, 4.69) is 56.9 Å². The van der Waals surface area contributed by atoms with Gasteiger partial charge in [-0.3, -0.25) is 9.59 Å². The molecule has 3 heterocycles. The van der Waals surface area contributed by atoms with Crippen molar-refractivity contribution in [3.63, 3.8) is 0 Å². The van der Waals surface area contributed by atoms with Crippen LogP contribution in [0.25, 0.3) is 0 Å². The minimum atomic E-state index is -0.399. The molecular formula is C30H35N3O2S. The number of aryl methyl sites for hydroxylation is 1. The number of anilines is 1. The third-order valence-electron chi connectivity index (χ3n) is 7.61. The number of benzene rings is 2. The summed E-state index contributed by atoms with van der Waals surface area (Å²) in [5.74, 6) is 0.0614. The quantitative estimate of drug-likeness (QED) is 0.454. The minimum absolute atomic E-state index is 0.0292.